The second-order valence-corrected chi connectivity index (χ2v) is 7.50. The first-order valence-corrected chi connectivity index (χ1v) is 10.3. The number of anilines is 4. The standard InChI is InChI=1S/C22H20ClN5O4/c1-2-32-15-8-6-13(7-9-15)24-20(30)16-11-17(29)26-19-18(16)21(31)28-22(27-19)25-14-5-3-4-12(23)10-14/h3-10,16H,2,11H2,1H3,(H,24,30)(H3,25,26,27,28,29,31). The molecule has 10 heteroatoms. The van der Waals surface area contributed by atoms with E-state index in [1.165, 1.54) is 0 Å². The summed E-state index contributed by atoms with van der Waals surface area (Å²) >= 11 is 5.98. The van der Waals surface area contributed by atoms with Crippen molar-refractivity contribution in [2.45, 2.75) is 19.3 Å². The van der Waals surface area contributed by atoms with E-state index in [2.05, 4.69) is 25.9 Å². The summed E-state index contributed by atoms with van der Waals surface area (Å²) in [5, 5.41) is 8.76. The number of carbonyl (C=O) groups excluding carboxylic acids is 2. The van der Waals surface area contributed by atoms with Crippen molar-refractivity contribution in [2.75, 3.05) is 22.6 Å². The van der Waals surface area contributed by atoms with Gasteiger partial charge in [-0.3, -0.25) is 19.4 Å². The third kappa shape index (κ3) is 4.73. The molecule has 0 spiro atoms. The van der Waals surface area contributed by atoms with Crippen LogP contribution in [0.15, 0.2) is 53.3 Å². The molecule has 1 aliphatic rings. The van der Waals surface area contributed by atoms with E-state index >= 15 is 0 Å². The van der Waals surface area contributed by atoms with E-state index in [0.717, 1.165) is 0 Å². The molecule has 4 N–H and O–H groups in total. The van der Waals surface area contributed by atoms with E-state index in [1.807, 2.05) is 6.92 Å². The summed E-state index contributed by atoms with van der Waals surface area (Å²) in [6.07, 6.45) is -0.165. The number of ether oxygens (including phenoxy) is 1. The first kappa shape index (κ1) is 21.4. The number of hydrogen-bond acceptors (Lipinski definition) is 6. The number of nitrogens with one attached hydrogen (secondary N) is 4. The Labute approximate surface area is 188 Å². The lowest BCUT2D eigenvalue weighted by atomic mass is 9.92. The third-order valence-electron chi connectivity index (χ3n) is 4.79. The van der Waals surface area contributed by atoms with Crippen molar-refractivity contribution in [1.29, 1.82) is 0 Å². The molecule has 0 bridgehead atoms. The van der Waals surface area contributed by atoms with E-state index < -0.39 is 23.3 Å². The van der Waals surface area contributed by atoms with Gasteiger partial charge in [0.15, 0.2) is 0 Å². The topological polar surface area (TPSA) is 125 Å². The molecular weight excluding hydrogens is 434 g/mol. The fraction of sp³-hybridized carbons (Fsp3) is 0.182. The fourth-order valence-electron chi connectivity index (χ4n) is 3.39. The maximum Gasteiger partial charge on any atom is 0.258 e. The number of aromatic nitrogens is 2. The largest absolute Gasteiger partial charge is 0.494 e. The summed E-state index contributed by atoms with van der Waals surface area (Å²) in [6.45, 7) is 2.41. The zero-order chi connectivity index (χ0) is 22.7. The van der Waals surface area contributed by atoms with Crippen LogP contribution in [-0.2, 0) is 9.59 Å². The third-order valence-corrected chi connectivity index (χ3v) is 5.02. The van der Waals surface area contributed by atoms with Crippen molar-refractivity contribution in [1.82, 2.24) is 9.97 Å². The van der Waals surface area contributed by atoms with Crippen molar-refractivity contribution in [3.05, 3.63) is 69.5 Å². The van der Waals surface area contributed by atoms with Crippen molar-refractivity contribution >= 4 is 46.6 Å². The number of halogens is 1. The highest BCUT2D eigenvalue weighted by atomic mass is 35.5. The van der Waals surface area contributed by atoms with Crippen LogP contribution in [0.3, 0.4) is 0 Å². The Bertz CT molecular complexity index is 1230. The van der Waals surface area contributed by atoms with Crippen LogP contribution in [0.1, 0.15) is 24.8 Å². The molecule has 2 heterocycles. The lowest BCUT2D eigenvalue weighted by molar-refractivity contribution is -0.123. The van der Waals surface area contributed by atoms with Gasteiger partial charge in [0.25, 0.3) is 5.56 Å². The zero-order valence-electron chi connectivity index (χ0n) is 17.1. The Balaban J connectivity index is 1.58. The van der Waals surface area contributed by atoms with Gasteiger partial charge in [-0.2, -0.15) is 4.98 Å². The molecule has 0 saturated carbocycles. The van der Waals surface area contributed by atoms with Crippen LogP contribution >= 0.6 is 11.6 Å². The highest BCUT2D eigenvalue weighted by molar-refractivity contribution is 6.30. The van der Waals surface area contributed by atoms with Crippen LogP contribution in [0.25, 0.3) is 0 Å². The first-order chi connectivity index (χ1) is 15.4. The van der Waals surface area contributed by atoms with Crippen LogP contribution in [0.5, 0.6) is 5.75 Å². The Morgan fingerprint density at radius 1 is 1.19 bits per heavy atom. The summed E-state index contributed by atoms with van der Waals surface area (Å²) < 4.78 is 5.39. The van der Waals surface area contributed by atoms with Crippen LogP contribution < -0.4 is 26.2 Å². The van der Waals surface area contributed by atoms with E-state index in [-0.39, 0.29) is 23.8 Å². The van der Waals surface area contributed by atoms with E-state index in [4.69, 9.17) is 16.3 Å². The Morgan fingerprint density at radius 2 is 1.97 bits per heavy atom. The molecule has 2 aromatic carbocycles. The van der Waals surface area contributed by atoms with Gasteiger partial charge in [0.1, 0.15) is 11.6 Å². The molecular formula is C22H20ClN5O4. The van der Waals surface area contributed by atoms with Gasteiger partial charge < -0.3 is 20.7 Å². The van der Waals surface area contributed by atoms with Gasteiger partial charge >= 0.3 is 0 Å². The minimum atomic E-state index is -0.984. The second-order valence-electron chi connectivity index (χ2n) is 7.06. The van der Waals surface area contributed by atoms with Crippen molar-refractivity contribution in [3.8, 4) is 5.75 Å². The number of amides is 2. The minimum Gasteiger partial charge on any atom is -0.494 e. The van der Waals surface area contributed by atoms with Gasteiger partial charge in [0.05, 0.1) is 18.1 Å². The van der Waals surface area contributed by atoms with Crippen LogP contribution in [-0.4, -0.2) is 28.4 Å². The Morgan fingerprint density at radius 3 is 2.69 bits per heavy atom. The quantitative estimate of drug-likeness (QED) is 0.451. The van der Waals surface area contributed by atoms with E-state index in [0.29, 0.717) is 28.8 Å². The highest BCUT2D eigenvalue weighted by Crippen LogP contribution is 2.30. The summed E-state index contributed by atoms with van der Waals surface area (Å²) in [5.74, 6) is -1.04. The normalized spacial score (nSPS) is 14.8. The number of aromatic amines is 1. The number of benzene rings is 2. The van der Waals surface area contributed by atoms with Crippen molar-refractivity contribution in [3.63, 3.8) is 0 Å². The lowest BCUT2D eigenvalue weighted by Gasteiger charge is -2.23. The minimum absolute atomic E-state index is 0.0429. The molecule has 2 amide bonds. The average molecular weight is 454 g/mol. The van der Waals surface area contributed by atoms with Gasteiger partial charge in [-0.1, -0.05) is 17.7 Å². The van der Waals surface area contributed by atoms with Gasteiger partial charge in [0.2, 0.25) is 17.8 Å². The van der Waals surface area contributed by atoms with Gasteiger partial charge in [-0.15, -0.1) is 0 Å². The van der Waals surface area contributed by atoms with Crippen molar-refractivity contribution in [2.24, 2.45) is 0 Å². The smallest absolute Gasteiger partial charge is 0.258 e. The summed E-state index contributed by atoms with van der Waals surface area (Å²) in [5.41, 5.74) is 0.707. The molecule has 0 saturated heterocycles. The lowest BCUT2D eigenvalue weighted by Crippen LogP contribution is -2.36. The number of carbonyl (C=O) groups is 2. The average Bonchev–Trinajstić information content (AvgIpc) is 2.74. The Kier molecular flexibility index (Phi) is 6.09. The SMILES string of the molecule is CCOc1ccc(NC(=O)C2CC(=O)Nc3nc(Nc4cccc(Cl)c4)[nH]c(=O)c32)cc1. The molecule has 0 fully saturated rings. The van der Waals surface area contributed by atoms with Gasteiger partial charge in [-0.25, -0.2) is 0 Å². The molecule has 3 aromatic rings. The van der Waals surface area contributed by atoms with E-state index in [9.17, 15) is 14.4 Å². The zero-order valence-corrected chi connectivity index (χ0v) is 17.8. The fourth-order valence-corrected chi connectivity index (χ4v) is 3.58. The molecule has 1 atom stereocenters. The molecule has 1 aromatic heterocycles. The molecule has 9 nitrogen and oxygen atoms in total. The van der Waals surface area contributed by atoms with E-state index in [1.54, 1.807) is 48.5 Å². The molecule has 0 aliphatic carbocycles. The Hall–Kier alpha value is -3.85. The summed E-state index contributed by atoms with van der Waals surface area (Å²) in [6, 6.07) is 13.7. The molecule has 164 valence electrons. The molecule has 1 aliphatic heterocycles. The second kappa shape index (κ2) is 9.11. The maximum absolute atomic E-state index is 12.9. The van der Waals surface area contributed by atoms with Crippen LogP contribution in [0, 0.1) is 0 Å². The number of rotatable bonds is 6. The molecule has 1 unspecified atom stereocenters. The van der Waals surface area contributed by atoms with Crippen molar-refractivity contribution < 1.29 is 14.3 Å². The monoisotopic (exact) mass is 453 g/mol. The molecule has 32 heavy (non-hydrogen) atoms. The van der Waals surface area contributed by atoms with Gasteiger partial charge in [0, 0.05) is 22.8 Å². The highest BCUT2D eigenvalue weighted by Gasteiger charge is 2.34. The van der Waals surface area contributed by atoms with Crippen LogP contribution in [0.2, 0.25) is 5.02 Å². The number of fused-ring (bicyclic) bond motifs is 1. The predicted octanol–water partition coefficient (Wildman–Crippen LogP) is 3.63. The molecule has 4 rings (SSSR count). The van der Waals surface area contributed by atoms with Crippen LogP contribution in [0.4, 0.5) is 23.1 Å². The number of nitrogens with zero attached hydrogens (tertiary/aromatic N) is 1. The maximum atomic E-state index is 12.9. The summed E-state index contributed by atoms with van der Waals surface area (Å²) in [7, 11) is 0. The number of hydrogen-bond donors (Lipinski definition) is 4. The number of H-pyrrole nitrogens is 1. The molecule has 0 radical (unpaired) electrons. The first-order valence-electron chi connectivity index (χ1n) is 9.93. The summed E-state index contributed by atoms with van der Waals surface area (Å²) in [4.78, 5) is 44.9. The van der Waals surface area contributed by atoms with Gasteiger partial charge in [-0.05, 0) is 49.4 Å². The predicted molar refractivity (Wildman–Crippen MR) is 122 cm³/mol.